The van der Waals surface area contributed by atoms with Gasteiger partial charge in [-0.15, -0.1) is 0 Å². The van der Waals surface area contributed by atoms with Crippen molar-refractivity contribution in [2.24, 2.45) is 5.92 Å². The highest BCUT2D eigenvalue weighted by atomic mass is 32.2. The summed E-state index contributed by atoms with van der Waals surface area (Å²) in [5, 5.41) is 11.3. The van der Waals surface area contributed by atoms with Crippen LogP contribution in [0.5, 0.6) is 0 Å². The number of carbonyl (C=O) groups excluding carboxylic acids is 2. The van der Waals surface area contributed by atoms with Gasteiger partial charge in [-0.3, -0.25) is 9.59 Å². The molecular weight excluding hydrogens is 352 g/mol. The number of benzene rings is 1. The van der Waals surface area contributed by atoms with Crippen molar-refractivity contribution in [3.05, 3.63) is 29.8 Å². The minimum Gasteiger partial charge on any atom is -0.325 e. The molecule has 1 fully saturated rings. The number of anilines is 1. The lowest BCUT2D eigenvalue weighted by Gasteiger charge is -2.12. The van der Waals surface area contributed by atoms with Crippen LogP contribution in [-0.4, -0.2) is 31.1 Å². The van der Waals surface area contributed by atoms with Crippen molar-refractivity contribution in [1.29, 1.82) is 5.26 Å². The Hall–Kier alpha value is -2.20. The van der Waals surface area contributed by atoms with E-state index in [0.29, 0.717) is 18.5 Å². The van der Waals surface area contributed by atoms with Crippen LogP contribution in [0.1, 0.15) is 44.6 Å². The third-order valence-electron chi connectivity index (χ3n) is 4.79. The van der Waals surface area contributed by atoms with Crippen LogP contribution in [0, 0.1) is 17.2 Å². The number of Topliss-reactive ketones (excluding diaryl/α,β-unsaturated/α-hetero) is 1. The van der Waals surface area contributed by atoms with Crippen LogP contribution in [0.2, 0.25) is 0 Å². The monoisotopic (exact) mass is 376 g/mol. The fourth-order valence-electron chi connectivity index (χ4n) is 3.12. The van der Waals surface area contributed by atoms with Gasteiger partial charge in [-0.05, 0) is 37.0 Å². The van der Waals surface area contributed by atoms with Gasteiger partial charge in [0.25, 0.3) is 0 Å². The maximum Gasteiger partial charge on any atom is 0.249 e. The van der Waals surface area contributed by atoms with Crippen LogP contribution in [0.15, 0.2) is 24.3 Å². The number of nitriles is 1. The number of ketones is 1. The van der Waals surface area contributed by atoms with Crippen LogP contribution >= 0.6 is 0 Å². The second-order valence-electron chi connectivity index (χ2n) is 6.59. The Labute approximate surface area is 154 Å². The molecule has 0 heterocycles. The first kappa shape index (κ1) is 20.1. The third kappa shape index (κ3) is 5.15. The first-order valence-electron chi connectivity index (χ1n) is 8.91. The van der Waals surface area contributed by atoms with Crippen molar-refractivity contribution < 1.29 is 18.0 Å². The molecule has 26 heavy (non-hydrogen) atoms. The van der Waals surface area contributed by atoms with Gasteiger partial charge < -0.3 is 5.32 Å². The standard InChI is InChI=1S/C19H24N2O4S/c1-2-14-7-9-15(10-8-14)21-19(23)17(13-20)18(22)11-12-26(24,25)16-5-3-4-6-16/h7-10,16-17H,2-6,11-12H2,1H3,(H,21,23). The van der Waals surface area contributed by atoms with E-state index in [0.717, 1.165) is 24.8 Å². The molecule has 0 radical (unpaired) electrons. The predicted molar refractivity (Wildman–Crippen MR) is 99.2 cm³/mol. The molecule has 0 aromatic heterocycles. The van der Waals surface area contributed by atoms with Gasteiger partial charge in [-0.1, -0.05) is 31.9 Å². The predicted octanol–water partition coefficient (Wildman–Crippen LogP) is 2.64. The number of sulfone groups is 1. The average molecular weight is 376 g/mol. The number of hydrogen-bond donors (Lipinski definition) is 1. The second kappa shape index (κ2) is 8.95. The van der Waals surface area contributed by atoms with Gasteiger partial charge >= 0.3 is 0 Å². The maximum absolute atomic E-state index is 12.2. The van der Waals surface area contributed by atoms with Gasteiger partial charge in [0.05, 0.1) is 17.1 Å². The van der Waals surface area contributed by atoms with Gasteiger partial charge in [-0.2, -0.15) is 5.26 Å². The van der Waals surface area contributed by atoms with Crippen LogP contribution in [-0.2, 0) is 25.8 Å². The molecule has 7 heteroatoms. The zero-order chi connectivity index (χ0) is 19.2. The normalized spacial score (nSPS) is 16.0. The highest BCUT2D eigenvalue weighted by Crippen LogP contribution is 2.25. The zero-order valence-electron chi connectivity index (χ0n) is 14.9. The first-order valence-corrected chi connectivity index (χ1v) is 10.6. The summed E-state index contributed by atoms with van der Waals surface area (Å²) in [6.07, 6.45) is 3.59. The smallest absolute Gasteiger partial charge is 0.249 e. The topological polar surface area (TPSA) is 104 Å². The lowest BCUT2D eigenvalue weighted by molar-refractivity contribution is -0.128. The lowest BCUT2D eigenvalue weighted by atomic mass is 10.0. The first-order chi connectivity index (χ1) is 12.4. The number of rotatable bonds is 8. The summed E-state index contributed by atoms with van der Waals surface area (Å²) >= 11 is 0. The number of hydrogen-bond acceptors (Lipinski definition) is 5. The molecule has 0 bridgehead atoms. The molecule has 0 saturated heterocycles. The number of amides is 1. The molecule has 1 aliphatic rings. The van der Waals surface area contributed by atoms with E-state index in [2.05, 4.69) is 5.32 Å². The summed E-state index contributed by atoms with van der Waals surface area (Å²) in [7, 11) is -3.35. The Kier molecular flexibility index (Phi) is 6.92. The molecule has 1 unspecified atom stereocenters. The minimum absolute atomic E-state index is 0.298. The summed E-state index contributed by atoms with van der Waals surface area (Å²) in [5.74, 6) is -3.18. The summed E-state index contributed by atoms with van der Waals surface area (Å²) in [6.45, 7) is 2.01. The minimum atomic E-state index is -3.35. The number of carbonyl (C=O) groups is 2. The van der Waals surface area contributed by atoms with Crippen molar-refractivity contribution in [1.82, 2.24) is 0 Å². The Morgan fingerprint density at radius 3 is 2.38 bits per heavy atom. The SMILES string of the molecule is CCc1ccc(NC(=O)C(C#N)C(=O)CCS(=O)(=O)C2CCCC2)cc1. The van der Waals surface area contributed by atoms with Crippen molar-refractivity contribution in [3.8, 4) is 6.07 Å². The summed E-state index contributed by atoms with van der Waals surface area (Å²) < 4.78 is 24.5. The van der Waals surface area contributed by atoms with Crippen molar-refractivity contribution in [3.63, 3.8) is 0 Å². The largest absolute Gasteiger partial charge is 0.325 e. The average Bonchev–Trinajstić information content (AvgIpc) is 3.17. The molecular formula is C19H24N2O4S. The summed E-state index contributed by atoms with van der Waals surface area (Å²) in [5.41, 5.74) is 1.60. The van der Waals surface area contributed by atoms with Gasteiger partial charge in [0, 0.05) is 12.1 Å². The molecule has 1 saturated carbocycles. The molecule has 1 amide bonds. The van der Waals surface area contributed by atoms with Crippen LogP contribution in [0.4, 0.5) is 5.69 Å². The van der Waals surface area contributed by atoms with Crippen molar-refractivity contribution in [2.45, 2.75) is 50.7 Å². The Morgan fingerprint density at radius 2 is 1.85 bits per heavy atom. The number of aryl methyl sites for hydroxylation is 1. The molecule has 1 aliphatic carbocycles. The highest BCUT2D eigenvalue weighted by Gasteiger charge is 2.32. The molecule has 1 aromatic rings. The Balaban J connectivity index is 1.94. The van der Waals surface area contributed by atoms with Crippen molar-refractivity contribution >= 4 is 27.2 Å². The molecule has 0 aliphatic heterocycles. The number of nitrogens with one attached hydrogen (secondary N) is 1. The van der Waals surface area contributed by atoms with E-state index >= 15 is 0 Å². The van der Waals surface area contributed by atoms with E-state index in [1.807, 2.05) is 19.1 Å². The van der Waals surface area contributed by atoms with E-state index in [1.54, 1.807) is 18.2 Å². The van der Waals surface area contributed by atoms with Crippen LogP contribution in [0.25, 0.3) is 0 Å². The van der Waals surface area contributed by atoms with E-state index < -0.39 is 27.4 Å². The second-order valence-corrected chi connectivity index (χ2v) is 8.99. The summed E-state index contributed by atoms with van der Waals surface area (Å²) in [6, 6.07) is 8.82. The molecule has 0 spiro atoms. The maximum atomic E-state index is 12.2. The molecule has 1 N–H and O–H groups in total. The summed E-state index contributed by atoms with van der Waals surface area (Å²) in [4.78, 5) is 24.4. The highest BCUT2D eigenvalue weighted by molar-refractivity contribution is 7.92. The lowest BCUT2D eigenvalue weighted by Crippen LogP contribution is -2.31. The molecule has 140 valence electrons. The number of nitrogens with zero attached hydrogens (tertiary/aromatic N) is 1. The molecule has 1 aromatic carbocycles. The van der Waals surface area contributed by atoms with Crippen LogP contribution < -0.4 is 5.32 Å². The Bertz CT molecular complexity index is 788. The van der Waals surface area contributed by atoms with E-state index in [1.165, 1.54) is 0 Å². The quantitative estimate of drug-likeness (QED) is 0.702. The molecule has 1 atom stereocenters. The van der Waals surface area contributed by atoms with E-state index in [9.17, 15) is 23.3 Å². The third-order valence-corrected chi connectivity index (χ3v) is 7.05. The van der Waals surface area contributed by atoms with E-state index in [4.69, 9.17) is 0 Å². The molecule has 6 nitrogen and oxygen atoms in total. The van der Waals surface area contributed by atoms with E-state index in [-0.39, 0.29) is 17.4 Å². The fraction of sp³-hybridized carbons (Fsp3) is 0.526. The van der Waals surface area contributed by atoms with Crippen molar-refractivity contribution in [2.75, 3.05) is 11.1 Å². The van der Waals surface area contributed by atoms with Crippen LogP contribution in [0.3, 0.4) is 0 Å². The zero-order valence-corrected chi connectivity index (χ0v) is 15.7. The fourth-order valence-corrected chi connectivity index (χ4v) is 4.99. The van der Waals surface area contributed by atoms with Gasteiger partial charge in [0.1, 0.15) is 0 Å². The van der Waals surface area contributed by atoms with Gasteiger partial charge in [0.2, 0.25) is 5.91 Å². The van der Waals surface area contributed by atoms with Gasteiger partial charge in [-0.25, -0.2) is 8.42 Å². The van der Waals surface area contributed by atoms with Gasteiger partial charge in [0.15, 0.2) is 21.5 Å². The molecule has 2 rings (SSSR count). The Morgan fingerprint density at radius 1 is 1.23 bits per heavy atom.